The van der Waals surface area contributed by atoms with Crippen molar-refractivity contribution in [3.63, 3.8) is 0 Å². The number of carbonyl (C=O) groups excluding carboxylic acids is 2. The Labute approximate surface area is 153 Å². The number of anilines is 1. The molecule has 4 nitrogen and oxygen atoms in total. The summed E-state index contributed by atoms with van der Waals surface area (Å²) < 4.78 is 6.30. The van der Waals surface area contributed by atoms with Crippen molar-refractivity contribution >= 4 is 44.1 Å². The molecular formula is C18H18BrNO3S. The summed E-state index contributed by atoms with van der Waals surface area (Å²) >= 11 is 4.69. The molecule has 6 heteroatoms. The molecule has 1 amide bonds. The standard InChI is InChI=1S/C18H18BrNO3S/c1-10(2)16(21)20-17-15(18(22)23-11(3)4)14(9-24-17)12-5-7-13(19)8-6-12/h5-9,11H,1H2,2-4H3,(H,20,21). The summed E-state index contributed by atoms with van der Waals surface area (Å²) in [6, 6.07) is 7.61. The molecule has 126 valence electrons. The van der Waals surface area contributed by atoms with Crippen LogP contribution in [0.15, 0.2) is 46.3 Å². The molecule has 2 aromatic rings. The van der Waals surface area contributed by atoms with E-state index in [1.165, 1.54) is 11.3 Å². The van der Waals surface area contributed by atoms with Gasteiger partial charge in [-0.05, 0) is 38.5 Å². The molecule has 1 heterocycles. The number of ether oxygens (including phenoxy) is 1. The first-order valence-corrected chi connectivity index (χ1v) is 9.02. The first kappa shape index (κ1) is 18.4. The summed E-state index contributed by atoms with van der Waals surface area (Å²) in [5.74, 6) is -0.779. The summed E-state index contributed by atoms with van der Waals surface area (Å²) in [6.07, 6.45) is -0.250. The zero-order chi connectivity index (χ0) is 17.9. The number of nitrogens with one attached hydrogen (secondary N) is 1. The molecular weight excluding hydrogens is 390 g/mol. The molecule has 0 spiro atoms. The highest BCUT2D eigenvalue weighted by Crippen LogP contribution is 2.37. The van der Waals surface area contributed by atoms with Crippen LogP contribution in [0.5, 0.6) is 0 Å². The van der Waals surface area contributed by atoms with E-state index in [0.29, 0.717) is 16.1 Å². The minimum absolute atomic E-state index is 0.250. The molecule has 1 N–H and O–H groups in total. The lowest BCUT2D eigenvalue weighted by Gasteiger charge is -2.11. The number of rotatable bonds is 5. The van der Waals surface area contributed by atoms with Gasteiger partial charge >= 0.3 is 5.97 Å². The number of hydrogen-bond donors (Lipinski definition) is 1. The van der Waals surface area contributed by atoms with Gasteiger partial charge in [0.1, 0.15) is 10.6 Å². The Hall–Kier alpha value is -1.92. The number of amides is 1. The van der Waals surface area contributed by atoms with E-state index < -0.39 is 5.97 Å². The number of thiophene rings is 1. The summed E-state index contributed by atoms with van der Waals surface area (Å²) in [5, 5.41) is 5.04. The van der Waals surface area contributed by atoms with Crippen LogP contribution in [0.2, 0.25) is 0 Å². The van der Waals surface area contributed by atoms with Crippen LogP contribution < -0.4 is 5.32 Å². The van der Waals surface area contributed by atoms with Crippen LogP contribution in [0.4, 0.5) is 5.00 Å². The predicted molar refractivity (Wildman–Crippen MR) is 101 cm³/mol. The Morgan fingerprint density at radius 2 is 1.88 bits per heavy atom. The van der Waals surface area contributed by atoms with Gasteiger partial charge < -0.3 is 10.1 Å². The Bertz CT molecular complexity index is 778. The third-order valence-electron chi connectivity index (χ3n) is 3.11. The Morgan fingerprint density at radius 1 is 1.25 bits per heavy atom. The minimum atomic E-state index is -0.457. The van der Waals surface area contributed by atoms with Crippen molar-refractivity contribution in [1.82, 2.24) is 0 Å². The average molecular weight is 408 g/mol. The van der Waals surface area contributed by atoms with Gasteiger partial charge in [0.15, 0.2) is 0 Å². The molecule has 0 aliphatic heterocycles. The number of esters is 1. The fourth-order valence-corrected chi connectivity index (χ4v) is 3.19. The molecule has 0 aliphatic carbocycles. The van der Waals surface area contributed by atoms with Crippen molar-refractivity contribution < 1.29 is 14.3 Å². The molecule has 1 aromatic heterocycles. The van der Waals surface area contributed by atoms with Crippen molar-refractivity contribution in [2.45, 2.75) is 26.9 Å². The second kappa shape index (κ2) is 7.77. The van der Waals surface area contributed by atoms with Crippen LogP contribution in [0, 0.1) is 0 Å². The molecule has 1 aromatic carbocycles. The van der Waals surface area contributed by atoms with Gasteiger partial charge in [-0.2, -0.15) is 0 Å². The third-order valence-corrected chi connectivity index (χ3v) is 4.53. The number of hydrogen-bond acceptors (Lipinski definition) is 4. The van der Waals surface area contributed by atoms with E-state index in [2.05, 4.69) is 27.8 Å². The highest BCUT2D eigenvalue weighted by atomic mass is 79.9. The molecule has 0 fully saturated rings. The average Bonchev–Trinajstić information content (AvgIpc) is 2.90. The maximum Gasteiger partial charge on any atom is 0.342 e. The van der Waals surface area contributed by atoms with Gasteiger partial charge in [-0.25, -0.2) is 4.79 Å². The van der Waals surface area contributed by atoms with Gasteiger partial charge in [0, 0.05) is 21.0 Å². The van der Waals surface area contributed by atoms with Crippen molar-refractivity contribution in [2.24, 2.45) is 0 Å². The van der Waals surface area contributed by atoms with Gasteiger partial charge in [0.25, 0.3) is 5.91 Å². The van der Waals surface area contributed by atoms with Crippen molar-refractivity contribution in [3.8, 4) is 11.1 Å². The van der Waals surface area contributed by atoms with E-state index in [1.54, 1.807) is 20.8 Å². The van der Waals surface area contributed by atoms with E-state index in [-0.39, 0.29) is 12.0 Å². The van der Waals surface area contributed by atoms with Gasteiger partial charge in [-0.1, -0.05) is 34.6 Å². The maximum absolute atomic E-state index is 12.6. The van der Waals surface area contributed by atoms with Crippen LogP contribution >= 0.6 is 27.3 Å². The van der Waals surface area contributed by atoms with E-state index in [4.69, 9.17) is 4.74 Å². The summed E-state index contributed by atoms with van der Waals surface area (Å²) in [6.45, 7) is 8.81. The van der Waals surface area contributed by atoms with Crippen LogP contribution in [0.1, 0.15) is 31.1 Å². The van der Waals surface area contributed by atoms with Gasteiger partial charge in [-0.3, -0.25) is 4.79 Å². The zero-order valence-electron chi connectivity index (χ0n) is 13.7. The van der Waals surface area contributed by atoms with Gasteiger partial charge in [0.2, 0.25) is 0 Å². The molecule has 0 aliphatic rings. The van der Waals surface area contributed by atoms with Crippen LogP contribution in [-0.4, -0.2) is 18.0 Å². The van der Waals surface area contributed by atoms with E-state index >= 15 is 0 Å². The van der Waals surface area contributed by atoms with Crippen molar-refractivity contribution in [3.05, 3.63) is 51.8 Å². The monoisotopic (exact) mass is 407 g/mol. The summed E-state index contributed by atoms with van der Waals surface area (Å²) in [4.78, 5) is 24.5. The van der Waals surface area contributed by atoms with Crippen molar-refractivity contribution in [1.29, 1.82) is 0 Å². The van der Waals surface area contributed by atoms with Crippen molar-refractivity contribution in [2.75, 3.05) is 5.32 Å². The second-order valence-corrected chi connectivity index (χ2v) is 7.34. The summed E-state index contributed by atoms with van der Waals surface area (Å²) in [5.41, 5.74) is 2.35. The number of halogens is 1. The van der Waals surface area contributed by atoms with E-state index in [9.17, 15) is 9.59 Å². The first-order chi connectivity index (χ1) is 11.3. The molecule has 0 saturated carbocycles. The lowest BCUT2D eigenvalue weighted by Crippen LogP contribution is -2.16. The second-order valence-electron chi connectivity index (χ2n) is 5.55. The largest absolute Gasteiger partial charge is 0.459 e. The topological polar surface area (TPSA) is 55.4 Å². The summed E-state index contributed by atoms with van der Waals surface area (Å²) in [7, 11) is 0. The molecule has 24 heavy (non-hydrogen) atoms. The smallest absolute Gasteiger partial charge is 0.342 e. The van der Waals surface area contributed by atoms with E-state index in [0.717, 1.165) is 15.6 Å². The highest BCUT2D eigenvalue weighted by Gasteiger charge is 2.23. The number of benzene rings is 1. The fraction of sp³-hybridized carbons (Fsp3) is 0.222. The molecule has 0 radical (unpaired) electrons. The van der Waals surface area contributed by atoms with Gasteiger partial charge in [-0.15, -0.1) is 11.3 Å². The predicted octanol–water partition coefficient (Wildman–Crippen LogP) is 5.26. The zero-order valence-corrected chi connectivity index (χ0v) is 16.1. The number of carbonyl (C=O) groups is 2. The quantitative estimate of drug-likeness (QED) is 0.543. The molecule has 0 unspecified atom stereocenters. The van der Waals surface area contributed by atoms with E-state index in [1.807, 2.05) is 29.6 Å². The molecule has 2 rings (SSSR count). The normalized spacial score (nSPS) is 10.5. The first-order valence-electron chi connectivity index (χ1n) is 7.35. The lowest BCUT2D eigenvalue weighted by atomic mass is 10.0. The Balaban J connectivity index is 2.49. The minimum Gasteiger partial charge on any atom is -0.459 e. The van der Waals surface area contributed by atoms with Crippen LogP contribution in [-0.2, 0) is 9.53 Å². The SMILES string of the molecule is C=C(C)C(=O)Nc1scc(-c2ccc(Br)cc2)c1C(=O)OC(C)C. The van der Waals surface area contributed by atoms with Gasteiger partial charge in [0.05, 0.1) is 6.10 Å². The lowest BCUT2D eigenvalue weighted by molar-refractivity contribution is -0.112. The Kier molecular flexibility index (Phi) is 5.96. The highest BCUT2D eigenvalue weighted by molar-refractivity contribution is 9.10. The molecule has 0 bridgehead atoms. The third kappa shape index (κ3) is 4.33. The maximum atomic E-state index is 12.6. The van der Waals surface area contributed by atoms with Crippen LogP contribution in [0.3, 0.4) is 0 Å². The Morgan fingerprint density at radius 3 is 2.42 bits per heavy atom. The fourth-order valence-electron chi connectivity index (χ4n) is 1.98. The molecule has 0 atom stereocenters. The van der Waals surface area contributed by atoms with Crippen LogP contribution in [0.25, 0.3) is 11.1 Å². The molecule has 0 saturated heterocycles.